The number of nitrogens with zero attached hydrogens (tertiary/aromatic N) is 3. The Bertz CT molecular complexity index is 1130. The van der Waals surface area contributed by atoms with Crippen molar-refractivity contribution in [3.05, 3.63) is 65.2 Å². The molecule has 5 rings (SSSR count). The quantitative estimate of drug-likeness (QED) is 0.561. The Hall–Kier alpha value is -2.94. The molecule has 0 bridgehead atoms. The van der Waals surface area contributed by atoms with Crippen LogP contribution in [0.1, 0.15) is 47.2 Å². The van der Waals surface area contributed by atoms with Crippen molar-refractivity contribution in [3.63, 3.8) is 0 Å². The van der Waals surface area contributed by atoms with Gasteiger partial charge >= 0.3 is 0 Å². The maximum Gasteiger partial charge on any atom is 0.254 e. The molecular weight excluding hydrogens is 492 g/mol. The number of carbonyl (C=O) groups excluding carboxylic acids is 2. The normalized spacial score (nSPS) is 23.7. The largest absolute Gasteiger partial charge is 0.497 e. The Labute approximate surface area is 232 Å². The number of hydrogen-bond acceptors (Lipinski definition) is 6. The summed E-state index contributed by atoms with van der Waals surface area (Å²) in [6.45, 7) is 8.11. The predicted molar refractivity (Wildman–Crippen MR) is 151 cm³/mol. The summed E-state index contributed by atoms with van der Waals surface area (Å²) in [6.07, 6.45) is 3.86. The minimum atomic E-state index is -0.490. The molecule has 3 fully saturated rings. The lowest BCUT2D eigenvalue weighted by atomic mass is 10.0. The maximum absolute atomic E-state index is 14.0. The SMILES string of the molecule is COc1cccc(C(=O)N2CC(N(Cc3ccccc3C)CC3CCCO3)CC2C(=O)N2CCCNCC2)c1. The molecule has 0 radical (unpaired) electrons. The van der Waals surface area contributed by atoms with Gasteiger partial charge in [-0.3, -0.25) is 14.5 Å². The molecule has 0 aliphatic carbocycles. The lowest BCUT2D eigenvalue weighted by Gasteiger charge is -2.31. The first kappa shape index (κ1) is 27.6. The van der Waals surface area contributed by atoms with Crippen molar-refractivity contribution in [2.75, 3.05) is 53.0 Å². The molecule has 0 aromatic heterocycles. The smallest absolute Gasteiger partial charge is 0.254 e. The van der Waals surface area contributed by atoms with Gasteiger partial charge in [-0.2, -0.15) is 0 Å². The number of rotatable bonds is 8. The number of amides is 2. The molecule has 210 valence electrons. The number of carbonyl (C=O) groups is 2. The molecule has 2 aromatic carbocycles. The lowest BCUT2D eigenvalue weighted by Crippen LogP contribution is -2.48. The molecule has 39 heavy (non-hydrogen) atoms. The van der Waals surface area contributed by atoms with Crippen molar-refractivity contribution in [3.8, 4) is 5.75 Å². The van der Waals surface area contributed by atoms with E-state index in [0.29, 0.717) is 30.8 Å². The van der Waals surface area contributed by atoms with Gasteiger partial charge < -0.3 is 24.6 Å². The van der Waals surface area contributed by atoms with Crippen LogP contribution in [0, 0.1) is 6.92 Å². The van der Waals surface area contributed by atoms with E-state index in [1.54, 1.807) is 13.2 Å². The van der Waals surface area contributed by atoms with E-state index >= 15 is 0 Å². The molecule has 2 aromatic rings. The average Bonchev–Trinajstić information content (AvgIpc) is 3.56. The predicted octanol–water partition coefficient (Wildman–Crippen LogP) is 3.09. The highest BCUT2D eigenvalue weighted by Gasteiger charge is 2.44. The van der Waals surface area contributed by atoms with E-state index in [2.05, 4.69) is 41.4 Å². The summed E-state index contributed by atoms with van der Waals surface area (Å²) in [5.41, 5.74) is 3.08. The third-order valence-electron chi connectivity index (χ3n) is 8.41. The summed E-state index contributed by atoms with van der Waals surface area (Å²) in [6, 6.07) is 15.3. The number of nitrogens with one attached hydrogen (secondary N) is 1. The molecule has 0 saturated carbocycles. The summed E-state index contributed by atoms with van der Waals surface area (Å²) >= 11 is 0. The van der Waals surface area contributed by atoms with Gasteiger partial charge in [-0.05, 0) is 68.5 Å². The summed E-state index contributed by atoms with van der Waals surface area (Å²) in [7, 11) is 1.60. The Kier molecular flexibility index (Phi) is 9.17. The highest BCUT2D eigenvalue weighted by Crippen LogP contribution is 2.30. The van der Waals surface area contributed by atoms with E-state index in [1.807, 2.05) is 28.0 Å². The summed E-state index contributed by atoms with van der Waals surface area (Å²) in [5, 5.41) is 3.38. The fraction of sp³-hybridized carbons (Fsp3) is 0.548. The highest BCUT2D eigenvalue weighted by molar-refractivity contribution is 5.98. The number of benzene rings is 2. The van der Waals surface area contributed by atoms with Crippen LogP contribution < -0.4 is 10.1 Å². The van der Waals surface area contributed by atoms with Crippen LogP contribution in [-0.4, -0.2) is 97.7 Å². The standard InChI is InChI=1S/C31H42N4O4/c1-23-8-3-4-9-25(23)20-34(22-28-12-6-17-39-28)26-19-29(31(37)33-15-7-13-32-14-16-33)35(21-26)30(36)24-10-5-11-27(18-24)38-2/h3-5,8-11,18,26,28-29,32H,6-7,12-17,19-22H2,1-2H3. The monoisotopic (exact) mass is 534 g/mol. The third kappa shape index (κ3) is 6.62. The molecule has 3 saturated heterocycles. The Morgan fingerprint density at radius 2 is 1.97 bits per heavy atom. The van der Waals surface area contributed by atoms with Crippen LogP contribution in [0.5, 0.6) is 5.75 Å². The Morgan fingerprint density at radius 3 is 2.77 bits per heavy atom. The van der Waals surface area contributed by atoms with Gasteiger partial charge in [0.25, 0.3) is 5.91 Å². The van der Waals surface area contributed by atoms with E-state index in [9.17, 15) is 9.59 Å². The zero-order chi connectivity index (χ0) is 27.2. The van der Waals surface area contributed by atoms with Crippen LogP contribution >= 0.6 is 0 Å². The van der Waals surface area contributed by atoms with Crippen LogP contribution in [0.15, 0.2) is 48.5 Å². The fourth-order valence-electron chi connectivity index (χ4n) is 6.13. The molecule has 8 nitrogen and oxygen atoms in total. The lowest BCUT2D eigenvalue weighted by molar-refractivity contribution is -0.135. The highest BCUT2D eigenvalue weighted by atomic mass is 16.5. The molecule has 3 unspecified atom stereocenters. The number of aryl methyl sites for hydroxylation is 1. The van der Waals surface area contributed by atoms with Crippen molar-refractivity contribution >= 4 is 11.8 Å². The topological polar surface area (TPSA) is 74.4 Å². The van der Waals surface area contributed by atoms with Crippen molar-refractivity contribution in [1.29, 1.82) is 0 Å². The minimum absolute atomic E-state index is 0.0578. The molecule has 0 spiro atoms. The van der Waals surface area contributed by atoms with Gasteiger partial charge in [-0.15, -0.1) is 0 Å². The summed E-state index contributed by atoms with van der Waals surface area (Å²) < 4.78 is 11.4. The summed E-state index contributed by atoms with van der Waals surface area (Å²) in [4.78, 5) is 34.2. The van der Waals surface area contributed by atoms with Gasteiger partial charge in [-0.25, -0.2) is 0 Å². The second-order valence-electron chi connectivity index (χ2n) is 11.0. The van der Waals surface area contributed by atoms with E-state index < -0.39 is 6.04 Å². The van der Waals surface area contributed by atoms with Crippen LogP contribution in [0.3, 0.4) is 0 Å². The molecule has 8 heteroatoms. The molecule has 3 aliphatic rings. The van der Waals surface area contributed by atoms with E-state index in [4.69, 9.17) is 9.47 Å². The maximum atomic E-state index is 14.0. The number of ether oxygens (including phenoxy) is 2. The Balaban J connectivity index is 1.43. The first-order valence-corrected chi connectivity index (χ1v) is 14.4. The molecule has 1 N–H and O–H groups in total. The van der Waals surface area contributed by atoms with Crippen LogP contribution in [-0.2, 0) is 16.1 Å². The van der Waals surface area contributed by atoms with Crippen molar-refractivity contribution in [2.24, 2.45) is 0 Å². The first-order valence-electron chi connectivity index (χ1n) is 14.4. The number of methoxy groups -OCH3 is 1. The van der Waals surface area contributed by atoms with Gasteiger partial charge in [0.05, 0.1) is 13.2 Å². The molecule has 3 aliphatic heterocycles. The van der Waals surface area contributed by atoms with Crippen LogP contribution in [0.2, 0.25) is 0 Å². The second-order valence-corrected chi connectivity index (χ2v) is 11.0. The third-order valence-corrected chi connectivity index (χ3v) is 8.41. The van der Waals surface area contributed by atoms with Gasteiger partial charge in [0.15, 0.2) is 0 Å². The average molecular weight is 535 g/mol. The van der Waals surface area contributed by atoms with Crippen molar-refractivity contribution in [2.45, 2.75) is 57.3 Å². The van der Waals surface area contributed by atoms with Gasteiger partial charge in [0.2, 0.25) is 5.91 Å². The first-order chi connectivity index (χ1) is 19.0. The van der Waals surface area contributed by atoms with Gasteiger partial charge in [0, 0.05) is 57.5 Å². The molecule has 2 amide bonds. The number of hydrogen-bond donors (Lipinski definition) is 1. The van der Waals surface area contributed by atoms with E-state index in [1.165, 1.54) is 11.1 Å². The van der Waals surface area contributed by atoms with Crippen LogP contribution in [0.4, 0.5) is 0 Å². The van der Waals surface area contributed by atoms with Crippen LogP contribution in [0.25, 0.3) is 0 Å². The zero-order valence-electron chi connectivity index (χ0n) is 23.3. The van der Waals surface area contributed by atoms with E-state index in [0.717, 1.165) is 58.6 Å². The zero-order valence-corrected chi connectivity index (χ0v) is 23.3. The molecule has 3 heterocycles. The molecule has 3 atom stereocenters. The van der Waals surface area contributed by atoms with Crippen molar-refractivity contribution in [1.82, 2.24) is 20.0 Å². The van der Waals surface area contributed by atoms with Crippen molar-refractivity contribution < 1.29 is 19.1 Å². The van der Waals surface area contributed by atoms with E-state index in [-0.39, 0.29) is 24.0 Å². The van der Waals surface area contributed by atoms with Gasteiger partial charge in [0.1, 0.15) is 11.8 Å². The minimum Gasteiger partial charge on any atom is -0.497 e. The number of likely N-dealkylation sites (tertiary alicyclic amines) is 1. The second kappa shape index (κ2) is 12.9. The van der Waals surface area contributed by atoms with Gasteiger partial charge in [-0.1, -0.05) is 30.3 Å². The summed E-state index contributed by atoms with van der Waals surface area (Å²) in [5.74, 6) is 0.582. The Morgan fingerprint density at radius 1 is 1.10 bits per heavy atom. The molecular formula is C31H42N4O4. The fourth-order valence-corrected chi connectivity index (χ4v) is 6.13.